The number of phenolic OH excluding ortho intramolecular Hbond substituents is 1. The lowest BCUT2D eigenvalue weighted by atomic mass is 9.91. The van der Waals surface area contributed by atoms with E-state index in [0.29, 0.717) is 36.9 Å². The standard InChI is InChI=1S/C43H38O8/c1-27-17-19-31(20-18-27)34-21-32(44)37-33(45)22-35-38(40(37)49-34)41-43(50-35)42(48-25-30-15-9-4-10-16-30)39(47-24-29-13-7-3-8-14-29)36(51-41)26-46-23-28-11-5-2-6-12-28/h2-22,36,39,41-43,45H,23-26H2,1H3/t36-,39-,41+,42+,43-/m1/s1. The Morgan fingerprint density at radius 1 is 0.706 bits per heavy atom. The van der Waals surface area contributed by atoms with E-state index in [0.717, 1.165) is 27.8 Å². The number of rotatable bonds is 11. The fourth-order valence-corrected chi connectivity index (χ4v) is 6.89. The van der Waals surface area contributed by atoms with Crippen LogP contribution in [0, 0.1) is 6.92 Å². The second kappa shape index (κ2) is 14.5. The maximum Gasteiger partial charge on any atom is 0.197 e. The van der Waals surface area contributed by atoms with Gasteiger partial charge in [0.2, 0.25) is 0 Å². The quantitative estimate of drug-likeness (QED) is 0.147. The number of hydrogen-bond donors (Lipinski definition) is 1. The van der Waals surface area contributed by atoms with Gasteiger partial charge in [-0.15, -0.1) is 0 Å². The first kappa shape index (κ1) is 32.9. The molecule has 0 radical (unpaired) electrons. The van der Waals surface area contributed by atoms with E-state index in [1.54, 1.807) is 0 Å². The van der Waals surface area contributed by atoms with Crippen molar-refractivity contribution in [3.63, 3.8) is 0 Å². The minimum Gasteiger partial charge on any atom is -0.507 e. The Labute approximate surface area is 295 Å². The second-order valence-electron chi connectivity index (χ2n) is 13.1. The van der Waals surface area contributed by atoms with Gasteiger partial charge in [0, 0.05) is 17.7 Å². The summed E-state index contributed by atoms with van der Waals surface area (Å²) in [6, 6.07) is 40.4. The zero-order chi connectivity index (χ0) is 34.7. The monoisotopic (exact) mass is 682 g/mol. The maximum absolute atomic E-state index is 13.6. The van der Waals surface area contributed by atoms with E-state index in [2.05, 4.69) is 0 Å². The third kappa shape index (κ3) is 6.92. The van der Waals surface area contributed by atoms with Crippen LogP contribution in [0.2, 0.25) is 0 Å². The van der Waals surface area contributed by atoms with Crippen molar-refractivity contribution in [3.8, 4) is 22.8 Å². The molecule has 1 fully saturated rings. The third-order valence-corrected chi connectivity index (χ3v) is 9.46. The number of hydrogen-bond acceptors (Lipinski definition) is 8. The first-order valence-corrected chi connectivity index (χ1v) is 17.2. The van der Waals surface area contributed by atoms with Gasteiger partial charge in [0.1, 0.15) is 47.1 Å². The van der Waals surface area contributed by atoms with E-state index in [9.17, 15) is 9.90 Å². The molecule has 0 bridgehead atoms. The summed E-state index contributed by atoms with van der Waals surface area (Å²) in [5.74, 6) is 0.511. The fourth-order valence-electron chi connectivity index (χ4n) is 6.89. The van der Waals surface area contributed by atoms with E-state index in [1.807, 2.05) is 122 Å². The van der Waals surface area contributed by atoms with Crippen LogP contribution in [0.4, 0.5) is 0 Å². The van der Waals surface area contributed by atoms with Crippen LogP contribution in [0.1, 0.15) is 33.9 Å². The van der Waals surface area contributed by atoms with Crippen LogP contribution in [0.15, 0.2) is 137 Å². The lowest BCUT2D eigenvalue weighted by Crippen LogP contribution is -2.57. The molecule has 1 saturated heterocycles. The highest BCUT2D eigenvalue weighted by atomic mass is 16.6. The molecule has 2 aliphatic heterocycles. The minimum absolute atomic E-state index is 0.0681. The Bertz CT molecular complexity index is 2150. The van der Waals surface area contributed by atoms with Gasteiger partial charge in [-0.1, -0.05) is 121 Å². The Morgan fingerprint density at radius 3 is 1.92 bits per heavy atom. The van der Waals surface area contributed by atoms with Crippen molar-refractivity contribution in [2.75, 3.05) is 6.61 Å². The molecule has 0 unspecified atom stereocenters. The number of phenols is 1. The summed E-state index contributed by atoms with van der Waals surface area (Å²) < 4.78 is 39.7. The summed E-state index contributed by atoms with van der Waals surface area (Å²) in [5.41, 5.74) is 5.24. The first-order chi connectivity index (χ1) is 25.0. The van der Waals surface area contributed by atoms with Crippen LogP contribution in [-0.4, -0.2) is 36.1 Å². The lowest BCUT2D eigenvalue weighted by molar-refractivity contribution is -0.250. The van der Waals surface area contributed by atoms with Crippen molar-refractivity contribution in [2.45, 2.75) is 57.3 Å². The molecule has 5 atom stereocenters. The molecule has 1 N–H and O–H groups in total. The van der Waals surface area contributed by atoms with Gasteiger partial charge < -0.3 is 33.2 Å². The van der Waals surface area contributed by atoms with Gasteiger partial charge in [-0.05, 0) is 23.6 Å². The molecule has 0 spiro atoms. The van der Waals surface area contributed by atoms with Crippen molar-refractivity contribution in [3.05, 3.63) is 165 Å². The van der Waals surface area contributed by atoms with Gasteiger partial charge in [-0.25, -0.2) is 0 Å². The zero-order valence-electron chi connectivity index (χ0n) is 28.1. The smallest absolute Gasteiger partial charge is 0.197 e. The number of ether oxygens (including phenoxy) is 5. The van der Waals surface area contributed by atoms with E-state index in [1.165, 1.54) is 12.1 Å². The van der Waals surface area contributed by atoms with E-state index >= 15 is 0 Å². The van der Waals surface area contributed by atoms with Crippen LogP contribution < -0.4 is 10.2 Å². The molecule has 258 valence electrons. The molecular formula is C43H38O8. The van der Waals surface area contributed by atoms with E-state index in [-0.39, 0.29) is 28.8 Å². The molecule has 3 heterocycles. The normalized spacial score (nSPS) is 20.8. The topological polar surface area (TPSA) is 96.6 Å². The molecule has 8 nitrogen and oxygen atoms in total. The highest BCUT2D eigenvalue weighted by Gasteiger charge is 2.54. The molecule has 0 saturated carbocycles. The number of fused-ring (bicyclic) bond motifs is 5. The Hall–Kier alpha value is -5.25. The summed E-state index contributed by atoms with van der Waals surface area (Å²) >= 11 is 0. The van der Waals surface area contributed by atoms with Crippen LogP contribution >= 0.6 is 0 Å². The van der Waals surface area contributed by atoms with E-state index < -0.39 is 30.5 Å². The molecule has 5 aromatic carbocycles. The molecule has 51 heavy (non-hydrogen) atoms. The Morgan fingerprint density at radius 2 is 1.29 bits per heavy atom. The average Bonchev–Trinajstić information content (AvgIpc) is 3.52. The summed E-state index contributed by atoms with van der Waals surface area (Å²) in [6.07, 6.45) is -3.23. The summed E-state index contributed by atoms with van der Waals surface area (Å²) in [6.45, 7) is 3.20. The van der Waals surface area contributed by atoms with Gasteiger partial charge in [-0.3, -0.25) is 4.79 Å². The minimum atomic E-state index is -0.720. The van der Waals surface area contributed by atoms with Crippen molar-refractivity contribution >= 4 is 11.0 Å². The molecule has 1 aromatic heterocycles. The Kier molecular flexibility index (Phi) is 9.39. The lowest BCUT2D eigenvalue weighted by Gasteiger charge is -2.43. The van der Waals surface area contributed by atoms with Crippen LogP contribution in [0.5, 0.6) is 11.5 Å². The summed E-state index contributed by atoms with van der Waals surface area (Å²) in [5, 5.41) is 11.2. The molecule has 0 aliphatic carbocycles. The largest absolute Gasteiger partial charge is 0.507 e. The fraction of sp³-hybridized carbons (Fsp3) is 0.233. The van der Waals surface area contributed by atoms with Crippen molar-refractivity contribution in [1.29, 1.82) is 0 Å². The number of aryl methyl sites for hydroxylation is 1. The molecule has 2 aliphatic rings. The molecule has 8 rings (SSSR count). The predicted molar refractivity (Wildman–Crippen MR) is 192 cm³/mol. The Balaban J connectivity index is 1.20. The average molecular weight is 683 g/mol. The second-order valence-corrected chi connectivity index (χ2v) is 13.1. The SMILES string of the molecule is Cc1ccc(-c2cc(=O)c3c(O)cc4c(c3o2)[C@@H]2O[C@H](COCc3ccccc3)[C@@H](OCc3ccccc3)[C@H](OCc3ccccc3)[C@@H]2O4)cc1. The summed E-state index contributed by atoms with van der Waals surface area (Å²) in [7, 11) is 0. The van der Waals surface area contributed by atoms with Gasteiger partial charge in [-0.2, -0.15) is 0 Å². The summed E-state index contributed by atoms with van der Waals surface area (Å²) in [4.78, 5) is 13.6. The van der Waals surface area contributed by atoms with Crippen LogP contribution in [-0.2, 0) is 38.8 Å². The number of aromatic hydroxyl groups is 1. The van der Waals surface area contributed by atoms with Gasteiger partial charge in [0.25, 0.3) is 0 Å². The highest BCUT2D eigenvalue weighted by Crippen LogP contribution is 2.51. The van der Waals surface area contributed by atoms with Crippen LogP contribution in [0.3, 0.4) is 0 Å². The van der Waals surface area contributed by atoms with Crippen molar-refractivity contribution in [2.24, 2.45) is 0 Å². The first-order valence-electron chi connectivity index (χ1n) is 17.2. The molecule has 6 aromatic rings. The highest BCUT2D eigenvalue weighted by molar-refractivity contribution is 5.90. The molecule has 8 heteroatoms. The maximum atomic E-state index is 13.6. The van der Waals surface area contributed by atoms with Crippen molar-refractivity contribution < 1.29 is 33.2 Å². The predicted octanol–water partition coefficient (Wildman–Crippen LogP) is 8.06. The molecular weight excluding hydrogens is 644 g/mol. The van der Waals surface area contributed by atoms with Gasteiger partial charge in [0.05, 0.1) is 32.0 Å². The van der Waals surface area contributed by atoms with Gasteiger partial charge in [0.15, 0.2) is 17.1 Å². The third-order valence-electron chi connectivity index (χ3n) is 9.46. The molecule has 0 amide bonds. The van der Waals surface area contributed by atoms with Crippen LogP contribution in [0.25, 0.3) is 22.3 Å². The van der Waals surface area contributed by atoms with E-state index in [4.69, 9.17) is 28.1 Å². The zero-order valence-corrected chi connectivity index (χ0v) is 28.1. The number of benzene rings is 5. The van der Waals surface area contributed by atoms with Crippen molar-refractivity contribution in [1.82, 2.24) is 0 Å². The van der Waals surface area contributed by atoms with Gasteiger partial charge >= 0.3 is 0 Å².